The number of nitrogens with one attached hydrogen (secondary N) is 1. The van der Waals surface area contributed by atoms with Gasteiger partial charge in [-0.05, 0) is 26.9 Å². The van der Waals surface area contributed by atoms with Crippen molar-refractivity contribution in [3.63, 3.8) is 0 Å². The zero-order chi connectivity index (χ0) is 17.5. The number of nitrogens with zero attached hydrogens (tertiary/aromatic N) is 4. The molecule has 1 N–H and O–H groups in total. The Kier molecular flexibility index (Phi) is 6.23. The molecule has 2 aromatic rings. The summed E-state index contributed by atoms with van der Waals surface area (Å²) in [6.07, 6.45) is 5.13. The number of benzene rings is 1. The molecule has 2 heterocycles. The summed E-state index contributed by atoms with van der Waals surface area (Å²) >= 11 is 0. The van der Waals surface area contributed by atoms with Gasteiger partial charge in [-0.1, -0.05) is 43.2 Å². The smallest absolute Gasteiger partial charge is 0.163 e. The molecule has 1 fully saturated rings. The highest BCUT2D eigenvalue weighted by Gasteiger charge is 2.14. The van der Waals surface area contributed by atoms with Crippen molar-refractivity contribution in [2.24, 2.45) is 0 Å². The highest BCUT2D eigenvalue weighted by Crippen LogP contribution is 2.24. The monoisotopic (exact) mass is 339 g/mol. The lowest BCUT2D eigenvalue weighted by Crippen LogP contribution is -2.26. The zero-order valence-corrected chi connectivity index (χ0v) is 15.4. The summed E-state index contributed by atoms with van der Waals surface area (Å²) in [7, 11) is 4.17. The van der Waals surface area contributed by atoms with Crippen molar-refractivity contribution in [3.05, 3.63) is 36.4 Å². The molecule has 5 nitrogen and oxygen atoms in total. The third-order valence-electron chi connectivity index (χ3n) is 4.54. The second-order valence-corrected chi connectivity index (χ2v) is 6.93. The van der Waals surface area contributed by atoms with E-state index in [1.807, 2.05) is 18.2 Å². The van der Waals surface area contributed by atoms with E-state index in [0.29, 0.717) is 0 Å². The molecule has 134 valence electrons. The van der Waals surface area contributed by atoms with Crippen LogP contribution < -0.4 is 10.2 Å². The molecule has 3 rings (SSSR count). The van der Waals surface area contributed by atoms with Crippen LogP contribution in [0, 0.1) is 0 Å². The predicted molar refractivity (Wildman–Crippen MR) is 105 cm³/mol. The van der Waals surface area contributed by atoms with Crippen molar-refractivity contribution < 1.29 is 0 Å². The lowest BCUT2D eigenvalue weighted by Gasteiger charge is -2.23. The van der Waals surface area contributed by atoms with Crippen molar-refractivity contribution in [2.75, 3.05) is 50.5 Å². The Morgan fingerprint density at radius 2 is 1.72 bits per heavy atom. The molecular formula is C20H29N5. The molecule has 0 atom stereocenters. The standard InChI is InChI=1S/C20H29N5/c1-24(2)15-12-21-18-16-19(25-13-8-3-4-9-14-25)23-20(22-18)17-10-6-5-7-11-17/h5-7,10-11,16H,3-4,8-9,12-15H2,1-2H3,(H,21,22,23). The number of hydrogen-bond acceptors (Lipinski definition) is 5. The summed E-state index contributed by atoms with van der Waals surface area (Å²) in [6, 6.07) is 12.4. The fraction of sp³-hybridized carbons (Fsp3) is 0.500. The minimum Gasteiger partial charge on any atom is -0.369 e. The van der Waals surface area contributed by atoms with Gasteiger partial charge in [0.1, 0.15) is 11.6 Å². The van der Waals surface area contributed by atoms with Crippen molar-refractivity contribution in [2.45, 2.75) is 25.7 Å². The Morgan fingerprint density at radius 1 is 1.00 bits per heavy atom. The van der Waals surface area contributed by atoms with Crippen LogP contribution in [0.2, 0.25) is 0 Å². The Morgan fingerprint density at radius 3 is 2.40 bits per heavy atom. The van der Waals surface area contributed by atoms with Gasteiger partial charge in [-0.2, -0.15) is 0 Å². The van der Waals surface area contributed by atoms with E-state index < -0.39 is 0 Å². The second-order valence-electron chi connectivity index (χ2n) is 6.93. The van der Waals surface area contributed by atoms with Crippen molar-refractivity contribution in [1.82, 2.24) is 14.9 Å². The van der Waals surface area contributed by atoms with E-state index >= 15 is 0 Å². The largest absolute Gasteiger partial charge is 0.369 e. The molecule has 0 unspecified atom stereocenters. The minimum atomic E-state index is 0.801. The first-order valence-electron chi connectivity index (χ1n) is 9.30. The molecule has 5 heteroatoms. The Hall–Kier alpha value is -2.14. The van der Waals surface area contributed by atoms with Gasteiger partial charge in [0, 0.05) is 37.8 Å². The van der Waals surface area contributed by atoms with E-state index in [0.717, 1.165) is 49.2 Å². The van der Waals surface area contributed by atoms with Gasteiger partial charge in [-0.15, -0.1) is 0 Å². The van der Waals surface area contributed by atoms with Crippen LogP contribution in [0.3, 0.4) is 0 Å². The Balaban J connectivity index is 1.87. The van der Waals surface area contributed by atoms with Crippen LogP contribution >= 0.6 is 0 Å². The van der Waals surface area contributed by atoms with Gasteiger partial charge >= 0.3 is 0 Å². The molecule has 0 spiro atoms. The lowest BCUT2D eigenvalue weighted by molar-refractivity contribution is 0.425. The van der Waals surface area contributed by atoms with Gasteiger partial charge < -0.3 is 15.1 Å². The fourth-order valence-electron chi connectivity index (χ4n) is 3.11. The third-order valence-corrected chi connectivity index (χ3v) is 4.54. The van der Waals surface area contributed by atoms with Crippen LogP contribution in [0.5, 0.6) is 0 Å². The summed E-state index contributed by atoms with van der Waals surface area (Å²) in [5.41, 5.74) is 1.06. The number of hydrogen-bond donors (Lipinski definition) is 1. The van der Waals surface area contributed by atoms with Crippen molar-refractivity contribution in [3.8, 4) is 11.4 Å². The maximum absolute atomic E-state index is 4.88. The molecule has 1 aliphatic rings. The molecule has 0 bridgehead atoms. The average molecular weight is 339 g/mol. The highest BCUT2D eigenvalue weighted by atomic mass is 15.2. The molecule has 1 aromatic heterocycles. The van der Waals surface area contributed by atoms with E-state index in [1.54, 1.807) is 0 Å². The maximum atomic E-state index is 4.88. The quantitative estimate of drug-likeness (QED) is 0.873. The van der Waals surface area contributed by atoms with Crippen LogP contribution in [-0.2, 0) is 0 Å². The van der Waals surface area contributed by atoms with Crippen LogP contribution in [0.1, 0.15) is 25.7 Å². The Labute approximate surface area is 151 Å². The molecular weight excluding hydrogens is 310 g/mol. The van der Waals surface area contributed by atoms with E-state index in [1.165, 1.54) is 25.7 Å². The van der Waals surface area contributed by atoms with Crippen LogP contribution in [0.4, 0.5) is 11.6 Å². The normalized spacial score (nSPS) is 15.2. The van der Waals surface area contributed by atoms with Gasteiger partial charge in [-0.25, -0.2) is 9.97 Å². The average Bonchev–Trinajstić information content (AvgIpc) is 2.91. The molecule has 1 aliphatic heterocycles. The van der Waals surface area contributed by atoms with E-state index in [9.17, 15) is 0 Å². The molecule has 1 aromatic carbocycles. The van der Waals surface area contributed by atoms with Crippen LogP contribution in [0.25, 0.3) is 11.4 Å². The van der Waals surface area contributed by atoms with Crippen molar-refractivity contribution >= 4 is 11.6 Å². The number of rotatable bonds is 6. The SMILES string of the molecule is CN(C)CCNc1cc(N2CCCCCC2)nc(-c2ccccc2)n1. The molecule has 25 heavy (non-hydrogen) atoms. The summed E-state index contributed by atoms with van der Waals surface area (Å²) in [4.78, 5) is 14.2. The molecule has 0 saturated carbocycles. The topological polar surface area (TPSA) is 44.3 Å². The lowest BCUT2D eigenvalue weighted by atomic mass is 10.2. The van der Waals surface area contributed by atoms with Gasteiger partial charge in [0.2, 0.25) is 0 Å². The molecule has 0 aliphatic carbocycles. The highest BCUT2D eigenvalue weighted by molar-refractivity contribution is 5.61. The first-order chi connectivity index (χ1) is 12.2. The fourth-order valence-corrected chi connectivity index (χ4v) is 3.11. The summed E-state index contributed by atoms with van der Waals surface area (Å²) in [6.45, 7) is 4.02. The van der Waals surface area contributed by atoms with Crippen molar-refractivity contribution in [1.29, 1.82) is 0 Å². The van der Waals surface area contributed by atoms with E-state index in [-0.39, 0.29) is 0 Å². The minimum absolute atomic E-state index is 0.801. The zero-order valence-electron chi connectivity index (χ0n) is 15.4. The van der Waals surface area contributed by atoms with Gasteiger partial charge in [0.25, 0.3) is 0 Å². The summed E-state index contributed by atoms with van der Waals surface area (Å²) in [5, 5.41) is 3.46. The summed E-state index contributed by atoms with van der Waals surface area (Å²) in [5.74, 6) is 2.76. The Bertz CT molecular complexity index is 648. The number of anilines is 2. The summed E-state index contributed by atoms with van der Waals surface area (Å²) < 4.78 is 0. The number of likely N-dealkylation sites (N-methyl/N-ethyl adjacent to an activating group) is 1. The van der Waals surface area contributed by atoms with Crippen LogP contribution in [-0.4, -0.2) is 55.1 Å². The molecule has 0 radical (unpaired) electrons. The molecule has 1 saturated heterocycles. The van der Waals surface area contributed by atoms with Gasteiger partial charge in [0.05, 0.1) is 0 Å². The number of aromatic nitrogens is 2. The van der Waals surface area contributed by atoms with Crippen LogP contribution in [0.15, 0.2) is 36.4 Å². The predicted octanol–water partition coefficient (Wildman–Crippen LogP) is 3.50. The first kappa shape index (κ1) is 17.7. The van der Waals surface area contributed by atoms with E-state index in [2.05, 4.69) is 47.4 Å². The maximum Gasteiger partial charge on any atom is 0.163 e. The van der Waals surface area contributed by atoms with Gasteiger partial charge in [-0.3, -0.25) is 0 Å². The third kappa shape index (κ3) is 5.16. The first-order valence-corrected chi connectivity index (χ1v) is 9.30. The molecule has 0 amide bonds. The van der Waals surface area contributed by atoms with E-state index in [4.69, 9.17) is 9.97 Å². The van der Waals surface area contributed by atoms with Gasteiger partial charge in [0.15, 0.2) is 5.82 Å². The second kappa shape index (κ2) is 8.81.